The van der Waals surface area contributed by atoms with E-state index in [9.17, 15) is 0 Å². The van der Waals surface area contributed by atoms with Gasteiger partial charge in [0.1, 0.15) is 5.75 Å². The second-order valence-electron chi connectivity index (χ2n) is 4.90. The van der Waals surface area contributed by atoms with Crippen LogP contribution in [0.1, 0.15) is 31.7 Å². The zero-order valence-corrected chi connectivity index (χ0v) is 11.3. The molecule has 1 aromatic carbocycles. The zero-order chi connectivity index (χ0) is 12.8. The van der Waals surface area contributed by atoms with E-state index in [2.05, 4.69) is 23.1 Å². The molecule has 2 rings (SSSR count). The number of ether oxygens (including phenoxy) is 1. The first-order valence-corrected chi connectivity index (χ1v) is 7.00. The van der Waals surface area contributed by atoms with Crippen molar-refractivity contribution in [1.29, 1.82) is 0 Å². The number of benzene rings is 1. The molecule has 100 valence electrons. The smallest absolute Gasteiger partial charge is 0.123 e. The fraction of sp³-hybridized carbons (Fsp3) is 0.600. The van der Waals surface area contributed by atoms with Gasteiger partial charge in [-0.3, -0.25) is 4.90 Å². The summed E-state index contributed by atoms with van der Waals surface area (Å²) in [6.07, 6.45) is 3.83. The highest BCUT2D eigenvalue weighted by atomic mass is 16.5. The van der Waals surface area contributed by atoms with Crippen LogP contribution in [0.15, 0.2) is 24.3 Å². The van der Waals surface area contributed by atoms with Crippen molar-refractivity contribution in [3.05, 3.63) is 29.8 Å². The normalized spacial score (nSPS) is 20.9. The summed E-state index contributed by atoms with van der Waals surface area (Å²) in [5.74, 6) is 1.02. The number of hydrogen-bond donors (Lipinski definition) is 1. The maximum atomic E-state index is 5.87. The number of piperidine rings is 1. The average Bonchev–Trinajstić information content (AvgIpc) is 2.42. The zero-order valence-electron chi connectivity index (χ0n) is 11.3. The molecule has 0 amide bonds. The van der Waals surface area contributed by atoms with E-state index in [4.69, 9.17) is 10.5 Å². The Hall–Kier alpha value is -1.06. The Morgan fingerprint density at radius 2 is 2.17 bits per heavy atom. The number of hydrogen-bond acceptors (Lipinski definition) is 3. The minimum atomic E-state index is 0.536. The SMILES string of the molecule is CCOc1ccccc1CN1CCCCC1CN. The van der Waals surface area contributed by atoms with Gasteiger partial charge >= 0.3 is 0 Å². The Labute approximate surface area is 110 Å². The van der Waals surface area contributed by atoms with E-state index in [0.29, 0.717) is 6.04 Å². The molecule has 1 aliphatic rings. The Balaban J connectivity index is 2.07. The van der Waals surface area contributed by atoms with Gasteiger partial charge in [-0.05, 0) is 32.4 Å². The highest BCUT2D eigenvalue weighted by Crippen LogP contribution is 2.24. The van der Waals surface area contributed by atoms with Crippen LogP contribution in [-0.2, 0) is 6.54 Å². The van der Waals surface area contributed by atoms with Crippen molar-refractivity contribution in [2.24, 2.45) is 5.73 Å². The van der Waals surface area contributed by atoms with Crippen LogP contribution < -0.4 is 10.5 Å². The molecule has 3 nitrogen and oxygen atoms in total. The molecule has 0 spiro atoms. The molecule has 0 aromatic heterocycles. The molecule has 0 bridgehead atoms. The van der Waals surface area contributed by atoms with Crippen molar-refractivity contribution in [2.75, 3.05) is 19.7 Å². The standard InChI is InChI=1S/C15H24N2O/c1-2-18-15-9-4-3-7-13(15)12-17-10-6-5-8-14(17)11-16/h3-4,7,9,14H,2,5-6,8,10-12,16H2,1H3. The van der Waals surface area contributed by atoms with E-state index in [1.807, 2.05) is 13.0 Å². The summed E-state index contributed by atoms with van der Waals surface area (Å²) in [5, 5.41) is 0. The Morgan fingerprint density at radius 3 is 2.94 bits per heavy atom. The lowest BCUT2D eigenvalue weighted by atomic mass is 10.0. The van der Waals surface area contributed by atoms with Gasteiger partial charge < -0.3 is 10.5 Å². The molecule has 1 aromatic rings. The third-order valence-corrected chi connectivity index (χ3v) is 3.67. The molecule has 0 aliphatic carbocycles. The molecule has 1 aliphatic heterocycles. The number of nitrogens with zero attached hydrogens (tertiary/aromatic N) is 1. The third kappa shape index (κ3) is 3.24. The van der Waals surface area contributed by atoms with Crippen LogP contribution in [0.4, 0.5) is 0 Å². The monoisotopic (exact) mass is 248 g/mol. The molecular formula is C15H24N2O. The summed E-state index contributed by atoms with van der Waals surface area (Å²) in [5.41, 5.74) is 7.15. The van der Waals surface area contributed by atoms with Crippen molar-refractivity contribution in [3.8, 4) is 5.75 Å². The number of nitrogens with two attached hydrogens (primary N) is 1. The van der Waals surface area contributed by atoms with E-state index < -0.39 is 0 Å². The molecule has 3 heteroatoms. The fourth-order valence-corrected chi connectivity index (χ4v) is 2.68. The Morgan fingerprint density at radius 1 is 1.33 bits per heavy atom. The predicted molar refractivity (Wildman–Crippen MR) is 74.7 cm³/mol. The van der Waals surface area contributed by atoms with Crippen LogP contribution in [0.5, 0.6) is 5.75 Å². The van der Waals surface area contributed by atoms with Crippen molar-refractivity contribution >= 4 is 0 Å². The van der Waals surface area contributed by atoms with Crippen LogP contribution in [0.2, 0.25) is 0 Å². The van der Waals surface area contributed by atoms with Gasteiger partial charge in [-0.2, -0.15) is 0 Å². The minimum absolute atomic E-state index is 0.536. The van der Waals surface area contributed by atoms with E-state index in [1.165, 1.54) is 24.8 Å². The molecule has 0 saturated carbocycles. The van der Waals surface area contributed by atoms with Gasteiger partial charge in [0.15, 0.2) is 0 Å². The van der Waals surface area contributed by atoms with Gasteiger partial charge in [0.25, 0.3) is 0 Å². The molecule has 18 heavy (non-hydrogen) atoms. The van der Waals surface area contributed by atoms with Crippen LogP contribution in [-0.4, -0.2) is 30.6 Å². The summed E-state index contributed by atoms with van der Waals surface area (Å²) in [7, 11) is 0. The highest BCUT2D eigenvalue weighted by Gasteiger charge is 2.21. The number of likely N-dealkylation sites (tertiary alicyclic amines) is 1. The summed E-state index contributed by atoms with van der Waals surface area (Å²) in [4.78, 5) is 2.50. The van der Waals surface area contributed by atoms with Crippen molar-refractivity contribution in [3.63, 3.8) is 0 Å². The molecule has 0 radical (unpaired) electrons. The van der Waals surface area contributed by atoms with Gasteiger partial charge in [0.2, 0.25) is 0 Å². The first kappa shape index (κ1) is 13.4. The summed E-state index contributed by atoms with van der Waals surface area (Å²) in [6, 6.07) is 8.87. The van der Waals surface area contributed by atoms with Crippen LogP contribution in [0, 0.1) is 0 Å². The Kier molecular flexibility index (Phi) is 5.02. The molecule has 2 N–H and O–H groups in total. The third-order valence-electron chi connectivity index (χ3n) is 3.67. The number of rotatable bonds is 5. The Bertz CT molecular complexity index is 367. The molecule has 1 atom stereocenters. The van der Waals surface area contributed by atoms with Gasteiger partial charge in [0, 0.05) is 24.7 Å². The first-order valence-electron chi connectivity index (χ1n) is 7.00. The molecule has 1 saturated heterocycles. The second-order valence-corrected chi connectivity index (χ2v) is 4.90. The van der Waals surface area contributed by atoms with Gasteiger partial charge in [-0.1, -0.05) is 24.6 Å². The molecule has 1 heterocycles. The van der Waals surface area contributed by atoms with Gasteiger partial charge in [-0.25, -0.2) is 0 Å². The average molecular weight is 248 g/mol. The van der Waals surface area contributed by atoms with Crippen molar-refractivity contribution in [1.82, 2.24) is 4.90 Å². The fourth-order valence-electron chi connectivity index (χ4n) is 2.68. The van der Waals surface area contributed by atoms with Crippen LogP contribution in [0.25, 0.3) is 0 Å². The maximum Gasteiger partial charge on any atom is 0.123 e. The lowest BCUT2D eigenvalue weighted by molar-refractivity contribution is 0.143. The minimum Gasteiger partial charge on any atom is -0.494 e. The largest absolute Gasteiger partial charge is 0.494 e. The summed E-state index contributed by atoms with van der Waals surface area (Å²) in [6.45, 7) is 5.62. The summed E-state index contributed by atoms with van der Waals surface area (Å²) >= 11 is 0. The lowest BCUT2D eigenvalue weighted by Gasteiger charge is -2.35. The van der Waals surface area contributed by atoms with Crippen LogP contribution in [0.3, 0.4) is 0 Å². The van der Waals surface area contributed by atoms with Gasteiger partial charge in [-0.15, -0.1) is 0 Å². The van der Waals surface area contributed by atoms with E-state index in [0.717, 1.165) is 32.0 Å². The predicted octanol–water partition coefficient (Wildman–Crippen LogP) is 2.40. The molecule has 1 unspecified atom stereocenters. The van der Waals surface area contributed by atoms with Crippen molar-refractivity contribution < 1.29 is 4.74 Å². The molecule has 1 fully saturated rings. The molecular weight excluding hydrogens is 224 g/mol. The lowest BCUT2D eigenvalue weighted by Crippen LogP contribution is -2.43. The van der Waals surface area contributed by atoms with Crippen molar-refractivity contribution in [2.45, 2.75) is 38.8 Å². The highest BCUT2D eigenvalue weighted by molar-refractivity contribution is 5.33. The first-order chi connectivity index (χ1) is 8.85. The van der Waals surface area contributed by atoms with E-state index in [-0.39, 0.29) is 0 Å². The second kappa shape index (κ2) is 6.76. The van der Waals surface area contributed by atoms with Crippen LogP contribution >= 0.6 is 0 Å². The quantitative estimate of drug-likeness (QED) is 0.869. The van der Waals surface area contributed by atoms with E-state index in [1.54, 1.807) is 0 Å². The number of para-hydroxylation sites is 1. The maximum absolute atomic E-state index is 5.87. The van der Waals surface area contributed by atoms with E-state index >= 15 is 0 Å². The topological polar surface area (TPSA) is 38.5 Å². The summed E-state index contributed by atoms with van der Waals surface area (Å²) < 4.78 is 5.69. The van der Waals surface area contributed by atoms with Gasteiger partial charge in [0.05, 0.1) is 6.61 Å².